The van der Waals surface area contributed by atoms with E-state index in [1.165, 1.54) is 0 Å². The first-order valence-corrected chi connectivity index (χ1v) is 10.8. The van der Waals surface area contributed by atoms with Crippen LogP contribution in [0.1, 0.15) is 18.2 Å². The molecule has 3 amide bonds. The van der Waals surface area contributed by atoms with Crippen LogP contribution in [0, 0.1) is 6.92 Å². The number of aryl methyl sites for hydroxylation is 1. The summed E-state index contributed by atoms with van der Waals surface area (Å²) in [5.41, 5.74) is 1.33. The average Bonchev–Trinajstić information content (AvgIpc) is 2.83. The highest BCUT2D eigenvalue weighted by atomic mass is 16.2. The summed E-state index contributed by atoms with van der Waals surface area (Å²) in [5.74, 6) is -0.468. The molecule has 8 nitrogen and oxygen atoms in total. The molecule has 0 radical (unpaired) electrons. The van der Waals surface area contributed by atoms with Crippen molar-refractivity contribution in [3.05, 3.63) is 123 Å². The number of rotatable bonds is 5. The number of anilines is 1. The zero-order valence-corrected chi connectivity index (χ0v) is 19.1. The van der Waals surface area contributed by atoms with Crippen molar-refractivity contribution in [1.82, 2.24) is 9.55 Å². The first-order chi connectivity index (χ1) is 16.9. The van der Waals surface area contributed by atoms with Crippen molar-refractivity contribution >= 4 is 29.4 Å². The van der Waals surface area contributed by atoms with Crippen molar-refractivity contribution in [3.8, 4) is 5.69 Å². The molecule has 35 heavy (non-hydrogen) atoms. The zero-order valence-electron chi connectivity index (χ0n) is 19.1. The minimum Gasteiger partial charge on any atom is -0.310 e. The Bertz CT molecular complexity index is 1520. The number of aromatic amines is 1. The van der Waals surface area contributed by atoms with Gasteiger partial charge in [0.1, 0.15) is 0 Å². The first kappa shape index (κ1) is 23.3. The van der Waals surface area contributed by atoms with Gasteiger partial charge in [0.25, 0.3) is 11.5 Å². The van der Waals surface area contributed by atoms with Crippen LogP contribution in [0.3, 0.4) is 0 Å². The highest BCUT2D eigenvalue weighted by Gasteiger charge is 2.31. The minimum atomic E-state index is -0.636. The molecule has 2 aromatic carbocycles. The van der Waals surface area contributed by atoms with Crippen LogP contribution in [0.25, 0.3) is 11.8 Å². The van der Waals surface area contributed by atoms with Gasteiger partial charge in [-0.25, -0.2) is 19.1 Å². The second kappa shape index (κ2) is 9.96. The molecule has 8 heteroatoms. The van der Waals surface area contributed by atoms with Gasteiger partial charge in [0, 0.05) is 5.69 Å². The standard InChI is InChI=1S/C27H22N4O4/c1-18-22(24(32)30(26(34)28-18)20-12-6-3-7-13-20)16-10-5-11-17-23-19(2)29-27(35)31(25(23)33)21-14-8-4-9-15-21/h3-17H,1-2H3,(H,28,34)/b11-5+,16-10+,23-17+. The summed E-state index contributed by atoms with van der Waals surface area (Å²) >= 11 is 0. The van der Waals surface area contributed by atoms with Crippen LogP contribution in [-0.4, -0.2) is 27.2 Å². The molecule has 0 atom stereocenters. The number of hydrogen-bond acceptors (Lipinski definition) is 4. The van der Waals surface area contributed by atoms with Crippen molar-refractivity contribution in [2.24, 2.45) is 4.99 Å². The second-order valence-corrected chi connectivity index (χ2v) is 7.73. The van der Waals surface area contributed by atoms with Gasteiger partial charge in [-0.2, -0.15) is 4.99 Å². The molecule has 2 heterocycles. The normalized spacial score (nSPS) is 15.4. The van der Waals surface area contributed by atoms with E-state index in [4.69, 9.17) is 0 Å². The Morgan fingerprint density at radius 1 is 0.800 bits per heavy atom. The van der Waals surface area contributed by atoms with Crippen LogP contribution >= 0.6 is 0 Å². The molecular formula is C27H22N4O4. The summed E-state index contributed by atoms with van der Waals surface area (Å²) in [4.78, 5) is 58.3. The predicted molar refractivity (Wildman–Crippen MR) is 136 cm³/mol. The maximum Gasteiger partial charge on any atom is 0.355 e. The smallest absolute Gasteiger partial charge is 0.310 e. The maximum atomic E-state index is 13.0. The minimum absolute atomic E-state index is 0.282. The van der Waals surface area contributed by atoms with Crippen LogP contribution in [0.2, 0.25) is 0 Å². The van der Waals surface area contributed by atoms with E-state index in [0.29, 0.717) is 28.3 Å². The number of hydrogen-bond donors (Lipinski definition) is 1. The number of nitrogens with zero attached hydrogens (tertiary/aromatic N) is 3. The number of carbonyl (C=O) groups is 2. The fourth-order valence-electron chi connectivity index (χ4n) is 3.64. The summed E-state index contributed by atoms with van der Waals surface area (Å²) in [6.07, 6.45) is 8.06. The number of nitrogens with one attached hydrogen (secondary N) is 1. The molecule has 174 valence electrons. The van der Waals surface area contributed by atoms with E-state index >= 15 is 0 Å². The lowest BCUT2D eigenvalue weighted by Gasteiger charge is -2.24. The Balaban J connectivity index is 1.60. The molecule has 0 saturated carbocycles. The van der Waals surface area contributed by atoms with Gasteiger partial charge in [-0.15, -0.1) is 0 Å². The molecule has 0 spiro atoms. The Hall–Kier alpha value is -4.85. The monoisotopic (exact) mass is 466 g/mol. The van der Waals surface area contributed by atoms with Gasteiger partial charge >= 0.3 is 11.7 Å². The molecule has 1 aliphatic heterocycles. The van der Waals surface area contributed by atoms with Crippen LogP contribution in [-0.2, 0) is 4.79 Å². The van der Waals surface area contributed by atoms with E-state index in [-0.39, 0.29) is 5.57 Å². The molecule has 0 saturated heterocycles. The second-order valence-electron chi connectivity index (χ2n) is 7.73. The summed E-state index contributed by atoms with van der Waals surface area (Å²) in [6.45, 7) is 3.25. The van der Waals surface area contributed by atoms with Crippen LogP contribution in [0.5, 0.6) is 0 Å². The van der Waals surface area contributed by atoms with Crippen LogP contribution < -0.4 is 16.1 Å². The third-order valence-corrected chi connectivity index (χ3v) is 5.39. The molecule has 4 rings (SSSR count). The van der Waals surface area contributed by atoms with Crippen molar-refractivity contribution in [2.75, 3.05) is 4.90 Å². The zero-order chi connectivity index (χ0) is 24.9. The van der Waals surface area contributed by atoms with Crippen molar-refractivity contribution in [2.45, 2.75) is 13.8 Å². The van der Waals surface area contributed by atoms with Crippen LogP contribution in [0.15, 0.2) is 105 Å². The van der Waals surface area contributed by atoms with E-state index in [1.54, 1.807) is 105 Å². The molecule has 0 fully saturated rings. The highest BCUT2D eigenvalue weighted by molar-refractivity contribution is 6.37. The van der Waals surface area contributed by atoms with Gasteiger partial charge in [-0.05, 0) is 50.3 Å². The molecule has 3 aromatic rings. The molecule has 0 bridgehead atoms. The molecule has 1 aromatic heterocycles. The van der Waals surface area contributed by atoms with E-state index in [0.717, 1.165) is 9.47 Å². The summed E-state index contributed by atoms with van der Waals surface area (Å²) in [6, 6.07) is 16.6. The molecule has 1 aliphatic rings. The lowest BCUT2D eigenvalue weighted by atomic mass is 10.1. The lowest BCUT2D eigenvalue weighted by Crippen LogP contribution is -2.41. The maximum absolute atomic E-state index is 13.0. The number of carbonyl (C=O) groups excluding carboxylic acids is 2. The largest absolute Gasteiger partial charge is 0.355 e. The number of benzene rings is 2. The first-order valence-electron chi connectivity index (χ1n) is 10.8. The molecular weight excluding hydrogens is 444 g/mol. The van der Waals surface area contributed by atoms with Gasteiger partial charge in [0.15, 0.2) is 0 Å². The topological polar surface area (TPSA) is 105 Å². The van der Waals surface area contributed by atoms with E-state index < -0.39 is 23.2 Å². The number of amides is 3. The highest BCUT2D eigenvalue weighted by Crippen LogP contribution is 2.22. The fraction of sp³-hybridized carbons (Fsp3) is 0.0741. The van der Waals surface area contributed by atoms with Crippen molar-refractivity contribution in [3.63, 3.8) is 0 Å². The fourth-order valence-corrected chi connectivity index (χ4v) is 3.64. The number of urea groups is 1. The molecule has 0 unspecified atom stereocenters. The Kier molecular flexibility index (Phi) is 6.64. The average molecular weight is 466 g/mol. The van der Waals surface area contributed by atoms with Crippen molar-refractivity contribution < 1.29 is 9.59 Å². The number of aromatic nitrogens is 2. The number of allylic oxidation sites excluding steroid dienone is 4. The number of para-hydroxylation sites is 2. The summed E-state index contributed by atoms with van der Waals surface area (Å²) in [5, 5.41) is 0. The van der Waals surface area contributed by atoms with Gasteiger partial charge in [-0.1, -0.05) is 54.6 Å². The predicted octanol–water partition coefficient (Wildman–Crippen LogP) is 3.96. The van der Waals surface area contributed by atoms with E-state index in [9.17, 15) is 19.2 Å². The van der Waals surface area contributed by atoms with Crippen molar-refractivity contribution in [1.29, 1.82) is 0 Å². The lowest BCUT2D eigenvalue weighted by molar-refractivity contribution is -0.114. The third-order valence-electron chi connectivity index (χ3n) is 5.39. The van der Waals surface area contributed by atoms with Gasteiger partial charge in [-0.3, -0.25) is 9.59 Å². The third kappa shape index (κ3) is 4.77. The molecule has 0 aliphatic carbocycles. The van der Waals surface area contributed by atoms with E-state index in [2.05, 4.69) is 9.98 Å². The van der Waals surface area contributed by atoms with Gasteiger partial charge in [0.2, 0.25) is 0 Å². The Morgan fingerprint density at radius 3 is 2.09 bits per heavy atom. The molecule has 1 N–H and O–H groups in total. The number of imide groups is 1. The van der Waals surface area contributed by atoms with Crippen LogP contribution in [0.4, 0.5) is 10.5 Å². The summed E-state index contributed by atoms with van der Waals surface area (Å²) in [7, 11) is 0. The van der Waals surface area contributed by atoms with E-state index in [1.807, 2.05) is 0 Å². The number of aliphatic imine (C=N–C) groups is 1. The summed E-state index contributed by atoms with van der Waals surface area (Å²) < 4.78 is 1.08. The Morgan fingerprint density at radius 2 is 1.43 bits per heavy atom. The quantitative estimate of drug-likeness (QED) is 0.454. The van der Waals surface area contributed by atoms with Gasteiger partial charge in [0.05, 0.1) is 28.2 Å². The van der Waals surface area contributed by atoms with Gasteiger partial charge < -0.3 is 4.98 Å². The SMILES string of the molecule is CC1=NC(=O)N(c2ccccc2)C(=O)/C1=C/C=C/C=C/c1c(C)[nH]c(=O)n(-c2ccccc2)c1=O. The Labute approximate surface area is 200 Å². The number of H-pyrrole nitrogens is 1.